The van der Waals surface area contributed by atoms with Gasteiger partial charge in [-0.25, -0.2) is 0 Å². The Labute approximate surface area is 82.1 Å². The zero-order chi connectivity index (χ0) is 10.1. The molecule has 4 heteroatoms. The van der Waals surface area contributed by atoms with Gasteiger partial charge in [-0.2, -0.15) is 5.10 Å². The van der Waals surface area contributed by atoms with Crippen molar-refractivity contribution < 1.29 is 4.74 Å². The molecule has 4 nitrogen and oxygen atoms in total. The summed E-state index contributed by atoms with van der Waals surface area (Å²) >= 11 is 0. The van der Waals surface area contributed by atoms with Crippen molar-refractivity contribution in [3.05, 3.63) is 23.9 Å². The first-order valence-electron chi connectivity index (χ1n) is 4.50. The highest BCUT2D eigenvalue weighted by Crippen LogP contribution is 2.29. The fraction of sp³-hybridized carbons (Fsp3) is 0.300. The summed E-state index contributed by atoms with van der Waals surface area (Å²) in [6.45, 7) is 1.92. The number of nitrogens with one attached hydrogen (secondary N) is 1. The van der Waals surface area contributed by atoms with Crippen molar-refractivity contribution in [1.82, 2.24) is 10.2 Å². The Morgan fingerprint density at radius 2 is 2.29 bits per heavy atom. The van der Waals surface area contributed by atoms with E-state index in [1.807, 2.05) is 25.1 Å². The zero-order valence-corrected chi connectivity index (χ0v) is 8.24. The van der Waals surface area contributed by atoms with Crippen LogP contribution < -0.4 is 10.5 Å². The third-order valence-electron chi connectivity index (χ3n) is 2.25. The summed E-state index contributed by atoms with van der Waals surface area (Å²) in [6, 6.07) is 5.67. The number of benzene rings is 1. The summed E-state index contributed by atoms with van der Waals surface area (Å²) in [5.74, 6) is 0.809. The Balaban J connectivity index is 2.74. The Morgan fingerprint density at radius 3 is 2.93 bits per heavy atom. The number of ether oxygens (including phenoxy) is 1. The van der Waals surface area contributed by atoms with Gasteiger partial charge in [-0.3, -0.25) is 5.10 Å². The molecule has 0 aliphatic rings. The highest BCUT2D eigenvalue weighted by Gasteiger charge is 2.12. The molecule has 1 atom stereocenters. The number of nitrogens with zero attached hydrogens (tertiary/aromatic N) is 1. The smallest absolute Gasteiger partial charge is 0.130 e. The van der Waals surface area contributed by atoms with Gasteiger partial charge in [0.15, 0.2) is 0 Å². The number of nitrogens with two attached hydrogens (primary N) is 1. The molecule has 14 heavy (non-hydrogen) atoms. The van der Waals surface area contributed by atoms with E-state index < -0.39 is 0 Å². The van der Waals surface area contributed by atoms with Crippen LogP contribution in [-0.4, -0.2) is 17.3 Å². The molecule has 0 amide bonds. The lowest BCUT2D eigenvalue weighted by molar-refractivity contribution is 0.419. The lowest BCUT2D eigenvalue weighted by atomic mass is 10.1. The van der Waals surface area contributed by atoms with Crippen molar-refractivity contribution >= 4 is 10.9 Å². The minimum atomic E-state index is -0.0729. The second-order valence-corrected chi connectivity index (χ2v) is 3.28. The van der Waals surface area contributed by atoms with Crippen molar-refractivity contribution in [3.8, 4) is 5.75 Å². The average molecular weight is 191 g/mol. The molecule has 1 aromatic heterocycles. The van der Waals surface area contributed by atoms with Crippen LogP contribution >= 0.6 is 0 Å². The topological polar surface area (TPSA) is 63.9 Å². The first kappa shape index (κ1) is 9.02. The fourth-order valence-corrected chi connectivity index (χ4v) is 1.56. The van der Waals surface area contributed by atoms with E-state index in [4.69, 9.17) is 10.5 Å². The monoisotopic (exact) mass is 191 g/mol. The van der Waals surface area contributed by atoms with Crippen molar-refractivity contribution in [2.75, 3.05) is 7.11 Å². The van der Waals surface area contributed by atoms with Crippen molar-refractivity contribution in [2.24, 2.45) is 5.73 Å². The van der Waals surface area contributed by atoms with Crippen LogP contribution in [0.2, 0.25) is 0 Å². The summed E-state index contributed by atoms with van der Waals surface area (Å²) < 4.78 is 5.26. The third-order valence-corrected chi connectivity index (χ3v) is 2.25. The van der Waals surface area contributed by atoms with E-state index in [9.17, 15) is 0 Å². The first-order valence-corrected chi connectivity index (χ1v) is 4.50. The van der Waals surface area contributed by atoms with E-state index in [-0.39, 0.29) is 6.04 Å². The van der Waals surface area contributed by atoms with Crippen molar-refractivity contribution in [1.29, 1.82) is 0 Å². The Bertz CT molecular complexity index is 448. The Hall–Kier alpha value is -1.55. The lowest BCUT2D eigenvalue weighted by Crippen LogP contribution is -2.06. The van der Waals surface area contributed by atoms with Crippen LogP contribution in [0.15, 0.2) is 18.2 Å². The van der Waals surface area contributed by atoms with Gasteiger partial charge in [0.2, 0.25) is 0 Å². The maximum absolute atomic E-state index is 5.82. The van der Waals surface area contributed by atoms with Crippen molar-refractivity contribution in [2.45, 2.75) is 13.0 Å². The van der Waals surface area contributed by atoms with Crippen LogP contribution in [0.1, 0.15) is 18.7 Å². The van der Waals surface area contributed by atoms with E-state index in [0.717, 1.165) is 22.3 Å². The maximum atomic E-state index is 5.82. The van der Waals surface area contributed by atoms with Gasteiger partial charge in [-0.15, -0.1) is 0 Å². The molecule has 3 N–H and O–H groups in total. The molecular weight excluding hydrogens is 178 g/mol. The van der Waals surface area contributed by atoms with Gasteiger partial charge < -0.3 is 10.5 Å². The Kier molecular flexibility index (Phi) is 2.13. The average Bonchev–Trinajstić information content (AvgIpc) is 2.60. The van der Waals surface area contributed by atoms with Crippen LogP contribution in [-0.2, 0) is 0 Å². The summed E-state index contributed by atoms with van der Waals surface area (Å²) in [4.78, 5) is 0. The standard InChI is InChI=1S/C10H13N3O/c1-6(11)10-9-7(12-13-10)4-3-5-8(9)14-2/h3-6H,11H2,1-2H3,(H,12,13). The minimum absolute atomic E-state index is 0.0729. The van der Waals surface area contributed by atoms with Gasteiger partial charge in [-0.05, 0) is 19.1 Å². The lowest BCUT2D eigenvalue weighted by Gasteiger charge is -2.05. The first-order chi connectivity index (χ1) is 6.74. The highest BCUT2D eigenvalue weighted by molar-refractivity contribution is 5.88. The molecule has 1 aromatic carbocycles. The number of rotatable bonds is 2. The highest BCUT2D eigenvalue weighted by atomic mass is 16.5. The van der Waals surface area contributed by atoms with Gasteiger partial charge >= 0.3 is 0 Å². The van der Waals surface area contributed by atoms with Crippen LogP contribution in [0.5, 0.6) is 5.75 Å². The van der Waals surface area contributed by atoms with Crippen LogP contribution in [0.4, 0.5) is 0 Å². The van der Waals surface area contributed by atoms with E-state index in [1.165, 1.54) is 0 Å². The number of hydrogen-bond acceptors (Lipinski definition) is 3. The Morgan fingerprint density at radius 1 is 1.50 bits per heavy atom. The molecule has 0 fully saturated rings. The zero-order valence-electron chi connectivity index (χ0n) is 8.24. The van der Waals surface area contributed by atoms with Gasteiger partial charge in [0.1, 0.15) is 5.75 Å². The third kappa shape index (κ3) is 1.24. The van der Waals surface area contributed by atoms with Gasteiger partial charge in [0.25, 0.3) is 0 Å². The molecular formula is C10H13N3O. The summed E-state index contributed by atoms with van der Waals surface area (Å²) in [5.41, 5.74) is 7.62. The number of H-pyrrole nitrogens is 1. The molecule has 2 rings (SSSR count). The van der Waals surface area contributed by atoms with E-state index in [0.29, 0.717) is 0 Å². The summed E-state index contributed by atoms with van der Waals surface area (Å²) in [7, 11) is 1.65. The molecule has 1 heterocycles. The van der Waals surface area contributed by atoms with Gasteiger partial charge in [-0.1, -0.05) is 6.07 Å². The molecule has 0 saturated carbocycles. The molecule has 0 aliphatic carbocycles. The predicted octanol–water partition coefficient (Wildman–Crippen LogP) is 1.59. The van der Waals surface area contributed by atoms with Gasteiger partial charge in [0.05, 0.1) is 23.7 Å². The van der Waals surface area contributed by atoms with Crippen LogP contribution in [0.3, 0.4) is 0 Å². The molecule has 0 bridgehead atoms. The number of hydrogen-bond donors (Lipinski definition) is 2. The van der Waals surface area contributed by atoms with Crippen molar-refractivity contribution in [3.63, 3.8) is 0 Å². The largest absolute Gasteiger partial charge is 0.496 e. The van der Waals surface area contributed by atoms with Crippen LogP contribution in [0.25, 0.3) is 10.9 Å². The predicted molar refractivity (Wildman–Crippen MR) is 55.2 cm³/mol. The van der Waals surface area contributed by atoms with E-state index >= 15 is 0 Å². The molecule has 2 aromatic rings. The molecule has 74 valence electrons. The van der Waals surface area contributed by atoms with E-state index in [1.54, 1.807) is 7.11 Å². The SMILES string of the molecule is COc1cccc2n[nH]c(C(C)N)c12. The second kappa shape index (κ2) is 3.31. The van der Waals surface area contributed by atoms with E-state index in [2.05, 4.69) is 10.2 Å². The molecule has 1 unspecified atom stereocenters. The minimum Gasteiger partial charge on any atom is -0.496 e. The second-order valence-electron chi connectivity index (χ2n) is 3.28. The molecule has 0 aliphatic heterocycles. The number of methoxy groups -OCH3 is 1. The number of aromatic nitrogens is 2. The normalized spacial score (nSPS) is 13.1. The van der Waals surface area contributed by atoms with Crippen LogP contribution in [0, 0.1) is 0 Å². The number of aromatic amines is 1. The summed E-state index contributed by atoms with van der Waals surface area (Å²) in [5, 5.41) is 8.07. The maximum Gasteiger partial charge on any atom is 0.130 e. The molecule has 0 saturated heterocycles. The molecule has 0 radical (unpaired) electrons. The number of fused-ring (bicyclic) bond motifs is 1. The summed E-state index contributed by atoms with van der Waals surface area (Å²) in [6.07, 6.45) is 0. The molecule has 0 spiro atoms. The fourth-order valence-electron chi connectivity index (χ4n) is 1.56. The quantitative estimate of drug-likeness (QED) is 0.757. The van der Waals surface area contributed by atoms with Gasteiger partial charge in [0, 0.05) is 6.04 Å².